The molecule has 1 aliphatic rings. The molecule has 5 heteroatoms. The Labute approximate surface area is 89.8 Å². The van der Waals surface area contributed by atoms with Crippen LogP contribution in [0, 0.1) is 0 Å². The Morgan fingerprint density at radius 3 is 3.13 bits per heavy atom. The monoisotopic (exact) mass is 210 g/mol. The Morgan fingerprint density at radius 1 is 1.67 bits per heavy atom. The van der Waals surface area contributed by atoms with E-state index in [1.165, 1.54) is 19.4 Å². The molecule has 0 spiro atoms. The summed E-state index contributed by atoms with van der Waals surface area (Å²) >= 11 is 0. The van der Waals surface area contributed by atoms with E-state index in [0.717, 1.165) is 12.4 Å². The molecule has 2 rings (SSSR count). The van der Waals surface area contributed by atoms with Crippen molar-refractivity contribution >= 4 is 0 Å². The number of nitrogens with zero attached hydrogens (tertiary/aromatic N) is 3. The Balaban J connectivity index is 1.73. The molecule has 1 saturated heterocycles. The minimum atomic E-state index is 0.561. The molecule has 0 aliphatic carbocycles. The van der Waals surface area contributed by atoms with Gasteiger partial charge >= 0.3 is 0 Å². The maximum Gasteiger partial charge on any atom is 0.213 e. The van der Waals surface area contributed by atoms with Gasteiger partial charge in [0.15, 0.2) is 5.82 Å². The Kier molecular flexibility index (Phi) is 3.33. The smallest absolute Gasteiger partial charge is 0.213 e. The van der Waals surface area contributed by atoms with Gasteiger partial charge in [0.2, 0.25) is 6.39 Å². The second-order valence-electron chi connectivity index (χ2n) is 4.30. The molecule has 1 aromatic heterocycles. The average Bonchev–Trinajstić information content (AvgIpc) is 2.86. The van der Waals surface area contributed by atoms with E-state index in [1.807, 2.05) is 0 Å². The molecule has 1 N–H and O–H groups in total. The normalized spacial score (nSPS) is 22.7. The minimum absolute atomic E-state index is 0.561. The highest BCUT2D eigenvalue weighted by Gasteiger charge is 2.23. The molecule has 0 amide bonds. The summed E-state index contributed by atoms with van der Waals surface area (Å²) in [6, 6.07) is 1.20. The van der Waals surface area contributed by atoms with E-state index in [1.54, 1.807) is 0 Å². The SMILES string of the molecule is CC(C)N1CCC(NCc2ncon2)C1. The van der Waals surface area contributed by atoms with Gasteiger partial charge in [-0.15, -0.1) is 0 Å². The summed E-state index contributed by atoms with van der Waals surface area (Å²) in [5.41, 5.74) is 0. The van der Waals surface area contributed by atoms with E-state index < -0.39 is 0 Å². The Bertz CT molecular complexity index is 286. The molecule has 0 bridgehead atoms. The molecule has 1 unspecified atom stereocenters. The van der Waals surface area contributed by atoms with Crippen LogP contribution in [0.5, 0.6) is 0 Å². The number of aromatic nitrogens is 2. The lowest BCUT2D eigenvalue weighted by molar-refractivity contribution is 0.267. The molecule has 1 atom stereocenters. The number of rotatable bonds is 4. The molecule has 0 saturated carbocycles. The molecule has 0 radical (unpaired) electrons. The summed E-state index contributed by atoms with van der Waals surface area (Å²) in [5.74, 6) is 0.734. The first-order valence-corrected chi connectivity index (χ1v) is 5.48. The van der Waals surface area contributed by atoms with E-state index in [4.69, 9.17) is 0 Å². The largest absolute Gasteiger partial charge is 0.343 e. The second-order valence-corrected chi connectivity index (χ2v) is 4.30. The van der Waals surface area contributed by atoms with Crippen molar-refractivity contribution in [1.29, 1.82) is 0 Å². The van der Waals surface area contributed by atoms with Gasteiger partial charge in [-0.1, -0.05) is 5.16 Å². The molecule has 1 aromatic rings. The molecule has 15 heavy (non-hydrogen) atoms. The number of hydrogen-bond donors (Lipinski definition) is 1. The van der Waals surface area contributed by atoms with E-state index >= 15 is 0 Å². The fourth-order valence-corrected chi connectivity index (χ4v) is 1.93. The first-order valence-electron chi connectivity index (χ1n) is 5.48. The van der Waals surface area contributed by atoms with Crippen LogP contribution in [-0.4, -0.2) is 40.2 Å². The first-order chi connectivity index (χ1) is 7.25. The second kappa shape index (κ2) is 4.72. The van der Waals surface area contributed by atoms with Crippen molar-refractivity contribution in [3.8, 4) is 0 Å². The van der Waals surface area contributed by atoms with Crippen molar-refractivity contribution in [2.24, 2.45) is 0 Å². The zero-order chi connectivity index (χ0) is 10.7. The predicted molar refractivity (Wildman–Crippen MR) is 56.3 cm³/mol. The van der Waals surface area contributed by atoms with Crippen LogP contribution in [0.2, 0.25) is 0 Å². The van der Waals surface area contributed by atoms with Crippen molar-refractivity contribution < 1.29 is 4.52 Å². The predicted octanol–water partition coefficient (Wildman–Crippen LogP) is 0.642. The summed E-state index contributed by atoms with van der Waals surface area (Å²) in [5, 5.41) is 7.21. The first kappa shape index (κ1) is 10.6. The van der Waals surface area contributed by atoms with E-state index in [9.17, 15) is 0 Å². The molecular formula is C10H18N4O. The standard InChI is InChI=1S/C10H18N4O/c1-8(2)14-4-3-9(6-14)11-5-10-12-7-15-13-10/h7-9,11H,3-6H2,1-2H3. The maximum atomic E-state index is 4.68. The molecule has 1 fully saturated rings. The summed E-state index contributed by atoms with van der Waals surface area (Å²) in [6.07, 6.45) is 2.57. The summed E-state index contributed by atoms with van der Waals surface area (Å²) in [7, 11) is 0. The highest BCUT2D eigenvalue weighted by molar-refractivity contribution is 4.85. The van der Waals surface area contributed by atoms with Gasteiger partial charge in [-0.25, -0.2) is 0 Å². The van der Waals surface area contributed by atoms with Crippen LogP contribution in [0.1, 0.15) is 26.1 Å². The lowest BCUT2D eigenvalue weighted by Crippen LogP contribution is -2.35. The third-order valence-corrected chi connectivity index (χ3v) is 2.91. The molecule has 5 nitrogen and oxygen atoms in total. The van der Waals surface area contributed by atoms with Crippen molar-refractivity contribution in [3.63, 3.8) is 0 Å². The fourth-order valence-electron chi connectivity index (χ4n) is 1.93. The van der Waals surface area contributed by atoms with E-state index in [-0.39, 0.29) is 0 Å². The van der Waals surface area contributed by atoms with Gasteiger partial charge in [0, 0.05) is 18.6 Å². The van der Waals surface area contributed by atoms with Crippen LogP contribution in [-0.2, 0) is 6.54 Å². The summed E-state index contributed by atoms with van der Waals surface area (Å²) < 4.78 is 4.68. The van der Waals surface area contributed by atoms with Crippen molar-refractivity contribution in [3.05, 3.63) is 12.2 Å². The van der Waals surface area contributed by atoms with E-state index in [0.29, 0.717) is 18.6 Å². The zero-order valence-corrected chi connectivity index (χ0v) is 9.31. The topological polar surface area (TPSA) is 54.2 Å². The molecular weight excluding hydrogens is 192 g/mol. The minimum Gasteiger partial charge on any atom is -0.343 e. The van der Waals surface area contributed by atoms with Gasteiger partial charge in [-0.2, -0.15) is 4.98 Å². The third kappa shape index (κ3) is 2.76. The number of nitrogens with one attached hydrogen (secondary N) is 1. The fraction of sp³-hybridized carbons (Fsp3) is 0.800. The average molecular weight is 210 g/mol. The van der Waals surface area contributed by atoms with Gasteiger partial charge in [0.1, 0.15) is 0 Å². The van der Waals surface area contributed by atoms with Gasteiger partial charge in [-0.3, -0.25) is 4.90 Å². The Hall–Kier alpha value is -0.940. The van der Waals surface area contributed by atoms with Gasteiger partial charge in [-0.05, 0) is 26.8 Å². The van der Waals surface area contributed by atoms with Crippen LogP contribution in [0.3, 0.4) is 0 Å². The van der Waals surface area contributed by atoms with Gasteiger partial charge < -0.3 is 9.84 Å². The van der Waals surface area contributed by atoms with Crippen LogP contribution in [0.25, 0.3) is 0 Å². The van der Waals surface area contributed by atoms with E-state index in [2.05, 4.69) is 38.7 Å². The van der Waals surface area contributed by atoms with Crippen molar-refractivity contribution in [1.82, 2.24) is 20.4 Å². The van der Waals surface area contributed by atoms with Crippen molar-refractivity contribution in [2.45, 2.75) is 38.9 Å². The Morgan fingerprint density at radius 2 is 2.53 bits per heavy atom. The molecule has 84 valence electrons. The molecule has 2 heterocycles. The molecule has 0 aromatic carbocycles. The van der Waals surface area contributed by atoms with Crippen LogP contribution >= 0.6 is 0 Å². The maximum absolute atomic E-state index is 4.68. The van der Waals surface area contributed by atoms with Crippen LogP contribution in [0.15, 0.2) is 10.9 Å². The summed E-state index contributed by atoms with van der Waals surface area (Å²) in [4.78, 5) is 6.46. The lowest BCUT2D eigenvalue weighted by Gasteiger charge is -2.20. The third-order valence-electron chi connectivity index (χ3n) is 2.91. The molecule has 1 aliphatic heterocycles. The number of likely N-dealkylation sites (tertiary alicyclic amines) is 1. The van der Waals surface area contributed by atoms with Crippen LogP contribution < -0.4 is 5.32 Å². The quantitative estimate of drug-likeness (QED) is 0.790. The lowest BCUT2D eigenvalue weighted by atomic mass is 10.2. The highest BCUT2D eigenvalue weighted by Crippen LogP contribution is 2.12. The van der Waals surface area contributed by atoms with Crippen LogP contribution in [0.4, 0.5) is 0 Å². The van der Waals surface area contributed by atoms with Gasteiger partial charge in [0.25, 0.3) is 0 Å². The summed E-state index contributed by atoms with van der Waals surface area (Å²) in [6.45, 7) is 7.48. The van der Waals surface area contributed by atoms with Crippen molar-refractivity contribution in [2.75, 3.05) is 13.1 Å². The zero-order valence-electron chi connectivity index (χ0n) is 9.31. The number of hydrogen-bond acceptors (Lipinski definition) is 5. The highest BCUT2D eigenvalue weighted by atomic mass is 16.5. The van der Waals surface area contributed by atoms with Gasteiger partial charge in [0.05, 0.1) is 6.54 Å².